The lowest BCUT2D eigenvalue weighted by Crippen LogP contribution is -2.38. The molecule has 18 heavy (non-hydrogen) atoms. The van der Waals surface area contributed by atoms with Crippen LogP contribution in [0.5, 0.6) is 0 Å². The van der Waals surface area contributed by atoms with Crippen molar-refractivity contribution >= 4 is 23.4 Å². The maximum atomic E-state index is 11.5. The molecule has 0 unspecified atom stereocenters. The summed E-state index contributed by atoms with van der Waals surface area (Å²) in [5.74, 6) is -2.38. The molecule has 3 amide bonds. The molecule has 7 heteroatoms. The van der Waals surface area contributed by atoms with Crippen LogP contribution in [-0.2, 0) is 9.59 Å². The van der Waals surface area contributed by atoms with Gasteiger partial charge in [-0.25, -0.2) is 0 Å². The zero-order chi connectivity index (χ0) is 13.5. The maximum absolute atomic E-state index is 11.5. The van der Waals surface area contributed by atoms with E-state index in [-0.39, 0.29) is 24.3 Å². The Morgan fingerprint density at radius 2 is 1.78 bits per heavy atom. The molecule has 0 atom stereocenters. The highest BCUT2D eigenvalue weighted by molar-refractivity contribution is 6.40. The van der Waals surface area contributed by atoms with E-state index >= 15 is 0 Å². The molecule has 1 rings (SSSR count). The van der Waals surface area contributed by atoms with E-state index < -0.39 is 17.7 Å². The van der Waals surface area contributed by atoms with Crippen molar-refractivity contribution < 1.29 is 14.4 Å². The number of nitrogens with one attached hydrogen (secondary N) is 2. The van der Waals surface area contributed by atoms with Crippen molar-refractivity contribution in [3.05, 3.63) is 29.8 Å². The second kappa shape index (κ2) is 6.36. The van der Waals surface area contributed by atoms with Crippen molar-refractivity contribution in [3.63, 3.8) is 0 Å². The van der Waals surface area contributed by atoms with Gasteiger partial charge in [-0.3, -0.25) is 14.4 Å². The molecule has 96 valence electrons. The van der Waals surface area contributed by atoms with Crippen LogP contribution < -0.4 is 22.1 Å². The molecule has 0 aliphatic carbocycles. The van der Waals surface area contributed by atoms with E-state index in [1.54, 1.807) is 12.1 Å². The molecule has 6 N–H and O–H groups in total. The molecule has 0 radical (unpaired) electrons. The molecule has 0 aromatic heterocycles. The Morgan fingerprint density at radius 1 is 1.11 bits per heavy atom. The van der Waals surface area contributed by atoms with Gasteiger partial charge in [0.2, 0.25) is 0 Å². The number of rotatable bonds is 4. The predicted molar refractivity (Wildman–Crippen MR) is 65.7 cm³/mol. The second-order valence-corrected chi connectivity index (χ2v) is 3.41. The minimum Gasteiger partial charge on any atom is -0.366 e. The first kappa shape index (κ1) is 13.7. The zero-order valence-corrected chi connectivity index (χ0v) is 9.60. The van der Waals surface area contributed by atoms with Gasteiger partial charge in [0.05, 0.1) is 11.3 Å². The summed E-state index contributed by atoms with van der Waals surface area (Å²) < 4.78 is 0. The first-order valence-corrected chi connectivity index (χ1v) is 5.24. The number of carbonyl (C=O) groups excluding carboxylic acids is 3. The fourth-order valence-electron chi connectivity index (χ4n) is 1.25. The van der Waals surface area contributed by atoms with E-state index in [9.17, 15) is 14.4 Å². The van der Waals surface area contributed by atoms with Crippen LogP contribution >= 0.6 is 0 Å². The molecule has 0 saturated heterocycles. The van der Waals surface area contributed by atoms with Crippen LogP contribution in [0.2, 0.25) is 0 Å². The predicted octanol–water partition coefficient (Wildman–Crippen LogP) is -1.20. The fraction of sp³-hybridized carbons (Fsp3) is 0.182. The topological polar surface area (TPSA) is 127 Å². The first-order valence-electron chi connectivity index (χ1n) is 5.24. The van der Waals surface area contributed by atoms with Crippen molar-refractivity contribution in [2.24, 2.45) is 11.5 Å². The van der Waals surface area contributed by atoms with Gasteiger partial charge >= 0.3 is 11.8 Å². The summed E-state index contributed by atoms with van der Waals surface area (Å²) in [6, 6.07) is 6.15. The fourth-order valence-corrected chi connectivity index (χ4v) is 1.25. The Balaban J connectivity index is 2.76. The summed E-state index contributed by atoms with van der Waals surface area (Å²) in [6.07, 6.45) is 0. The third-order valence-electron chi connectivity index (χ3n) is 2.08. The maximum Gasteiger partial charge on any atom is 0.313 e. The number of anilines is 1. The highest BCUT2D eigenvalue weighted by Crippen LogP contribution is 2.13. The Hall–Kier alpha value is -2.41. The monoisotopic (exact) mass is 250 g/mol. The largest absolute Gasteiger partial charge is 0.366 e. The molecule has 0 spiro atoms. The molecule has 7 nitrogen and oxygen atoms in total. The number of primary amides is 1. The van der Waals surface area contributed by atoms with Crippen molar-refractivity contribution in [2.75, 3.05) is 18.4 Å². The molecular formula is C11H14N4O3. The van der Waals surface area contributed by atoms with Gasteiger partial charge in [-0.2, -0.15) is 0 Å². The molecule has 0 fully saturated rings. The third-order valence-corrected chi connectivity index (χ3v) is 2.08. The summed E-state index contributed by atoms with van der Waals surface area (Å²) >= 11 is 0. The smallest absolute Gasteiger partial charge is 0.313 e. The lowest BCUT2D eigenvalue weighted by Gasteiger charge is -2.08. The normalized spacial score (nSPS) is 9.61. The van der Waals surface area contributed by atoms with Gasteiger partial charge in [-0.15, -0.1) is 0 Å². The molecule has 1 aromatic rings. The Bertz CT molecular complexity index is 473. The molecule has 0 saturated carbocycles. The van der Waals surface area contributed by atoms with Gasteiger partial charge in [-0.05, 0) is 12.1 Å². The van der Waals surface area contributed by atoms with Crippen molar-refractivity contribution in [1.82, 2.24) is 5.32 Å². The van der Waals surface area contributed by atoms with Gasteiger partial charge in [-0.1, -0.05) is 12.1 Å². The Labute approximate surface area is 104 Å². The summed E-state index contributed by atoms with van der Waals surface area (Å²) in [7, 11) is 0. The molecule has 0 bridgehead atoms. The van der Waals surface area contributed by atoms with Crippen molar-refractivity contribution in [2.45, 2.75) is 0 Å². The van der Waals surface area contributed by atoms with Gasteiger partial charge in [0.15, 0.2) is 0 Å². The zero-order valence-electron chi connectivity index (χ0n) is 9.60. The summed E-state index contributed by atoms with van der Waals surface area (Å²) in [5, 5.41) is 4.62. The van der Waals surface area contributed by atoms with Gasteiger partial charge in [0.25, 0.3) is 5.91 Å². The van der Waals surface area contributed by atoms with E-state index in [1.807, 2.05) is 0 Å². The van der Waals surface area contributed by atoms with E-state index in [0.717, 1.165) is 0 Å². The molecule has 0 heterocycles. The molecule has 0 aliphatic heterocycles. The molecule has 1 aromatic carbocycles. The number of hydrogen-bond acceptors (Lipinski definition) is 4. The van der Waals surface area contributed by atoms with Crippen LogP contribution in [0, 0.1) is 0 Å². The lowest BCUT2D eigenvalue weighted by molar-refractivity contribution is -0.136. The van der Waals surface area contributed by atoms with E-state index in [4.69, 9.17) is 11.5 Å². The number of nitrogens with two attached hydrogens (primary N) is 2. The number of amides is 3. The highest BCUT2D eigenvalue weighted by Gasteiger charge is 2.15. The highest BCUT2D eigenvalue weighted by atomic mass is 16.2. The van der Waals surface area contributed by atoms with E-state index in [0.29, 0.717) is 0 Å². The van der Waals surface area contributed by atoms with Gasteiger partial charge in [0, 0.05) is 13.1 Å². The van der Waals surface area contributed by atoms with Gasteiger partial charge in [0.1, 0.15) is 0 Å². The summed E-state index contributed by atoms with van der Waals surface area (Å²) in [4.78, 5) is 33.9. The van der Waals surface area contributed by atoms with Crippen molar-refractivity contribution in [3.8, 4) is 0 Å². The summed E-state index contributed by atoms with van der Waals surface area (Å²) in [5.41, 5.74) is 10.7. The van der Waals surface area contributed by atoms with Gasteiger partial charge < -0.3 is 22.1 Å². The molecule has 0 aliphatic rings. The standard InChI is InChI=1S/C11H14N4O3/c12-5-6-14-10(17)11(18)15-8-4-2-1-3-7(8)9(13)16/h1-4H,5-6,12H2,(H2,13,16)(H,14,17)(H,15,18). The van der Waals surface area contributed by atoms with Crippen molar-refractivity contribution in [1.29, 1.82) is 0 Å². The first-order chi connectivity index (χ1) is 8.56. The van der Waals surface area contributed by atoms with Crippen LogP contribution in [0.3, 0.4) is 0 Å². The molecular weight excluding hydrogens is 236 g/mol. The summed E-state index contributed by atoms with van der Waals surface area (Å²) in [6.45, 7) is 0.431. The minimum atomic E-state index is -0.878. The van der Waals surface area contributed by atoms with E-state index in [1.165, 1.54) is 12.1 Å². The minimum absolute atomic E-state index is 0.137. The Kier molecular flexibility index (Phi) is 4.82. The quantitative estimate of drug-likeness (QED) is 0.500. The average Bonchev–Trinajstić information content (AvgIpc) is 2.36. The van der Waals surface area contributed by atoms with Crippen LogP contribution in [0.15, 0.2) is 24.3 Å². The van der Waals surface area contributed by atoms with Crippen LogP contribution in [-0.4, -0.2) is 30.8 Å². The SMILES string of the molecule is NCCNC(=O)C(=O)Nc1ccccc1C(N)=O. The number of carbonyl (C=O) groups is 3. The van der Waals surface area contributed by atoms with E-state index in [2.05, 4.69) is 10.6 Å². The average molecular weight is 250 g/mol. The second-order valence-electron chi connectivity index (χ2n) is 3.41. The van der Waals surface area contributed by atoms with Crippen LogP contribution in [0.1, 0.15) is 10.4 Å². The van der Waals surface area contributed by atoms with Crippen LogP contribution in [0.25, 0.3) is 0 Å². The number of benzene rings is 1. The van der Waals surface area contributed by atoms with Crippen LogP contribution in [0.4, 0.5) is 5.69 Å². The third kappa shape index (κ3) is 3.56. The lowest BCUT2D eigenvalue weighted by atomic mass is 10.1. The number of para-hydroxylation sites is 1. The number of hydrogen-bond donors (Lipinski definition) is 4. The Morgan fingerprint density at radius 3 is 2.39 bits per heavy atom.